The van der Waals surface area contributed by atoms with E-state index in [-0.39, 0.29) is 24.9 Å². The SMILES string of the molecule is C[C@@]1(NC(=O)c2ccc[nH]2)CC2(CCN(C(=O)c3ccon3)CC2)OC[C@H]1O.O=CO. The third-order valence-corrected chi connectivity index (χ3v) is 5.83. The van der Waals surface area contributed by atoms with Gasteiger partial charge in [-0.15, -0.1) is 0 Å². The van der Waals surface area contributed by atoms with Crippen LogP contribution >= 0.6 is 0 Å². The third kappa shape index (κ3) is 4.94. The summed E-state index contributed by atoms with van der Waals surface area (Å²) in [6, 6.07) is 4.99. The number of amides is 2. The number of hydrogen-bond acceptors (Lipinski definition) is 7. The highest BCUT2D eigenvalue weighted by Crippen LogP contribution is 2.40. The molecule has 11 nitrogen and oxygen atoms in total. The van der Waals surface area contributed by atoms with E-state index in [1.54, 1.807) is 29.3 Å². The molecule has 2 aliphatic rings. The number of piperidine rings is 1. The molecule has 0 unspecified atom stereocenters. The molecule has 2 atom stereocenters. The van der Waals surface area contributed by atoms with Crippen LogP contribution in [0.15, 0.2) is 35.2 Å². The summed E-state index contributed by atoms with van der Waals surface area (Å²) in [5, 5.41) is 24.1. The zero-order valence-corrected chi connectivity index (χ0v) is 17.1. The molecule has 1 spiro atoms. The van der Waals surface area contributed by atoms with Crippen molar-refractivity contribution in [3.8, 4) is 0 Å². The molecule has 2 amide bonds. The maximum Gasteiger partial charge on any atom is 0.290 e. The zero-order chi connectivity index (χ0) is 22.5. The van der Waals surface area contributed by atoms with Crippen LogP contribution in [0, 0.1) is 0 Å². The van der Waals surface area contributed by atoms with E-state index < -0.39 is 17.2 Å². The van der Waals surface area contributed by atoms with E-state index >= 15 is 0 Å². The van der Waals surface area contributed by atoms with Crippen molar-refractivity contribution in [1.82, 2.24) is 20.4 Å². The van der Waals surface area contributed by atoms with Crippen molar-refractivity contribution in [1.29, 1.82) is 0 Å². The molecule has 2 saturated heterocycles. The molecule has 4 N–H and O–H groups in total. The van der Waals surface area contributed by atoms with Crippen LogP contribution in [0.3, 0.4) is 0 Å². The van der Waals surface area contributed by atoms with Crippen LogP contribution in [-0.2, 0) is 9.53 Å². The maximum atomic E-state index is 12.5. The second-order valence-electron chi connectivity index (χ2n) is 7.92. The molecule has 0 bridgehead atoms. The number of aromatic amines is 1. The van der Waals surface area contributed by atoms with E-state index in [0.717, 1.165) is 0 Å². The summed E-state index contributed by atoms with van der Waals surface area (Å²) < 4.78 is 10.8. The second-order valence-corrected chi connectivity index (χ2v) is 7.92. The molecule has 2 fully saturated rings. The molecule has 0 saturated carbocycles. The summed E-state index contributed by atoms with van der Waals surface area (Å²) in [5.74, 6) is -0.426. The number of rotatable bonds is 3. The van der Waals surface area contributed by atoms with Crippen LogP contribution in [0.5, 0.6) is 0 Å². The lowest BCUT2D eigenvalue weighted by molar-refractivity contribution is -0.175. The summed E-state index contributed by atoms with van der Waals surface area (Å²) in [4.78, 5) is 37.9. The van der Waals surface area contributed by atoms with Crippen molar-refractivity contribution < 1.29 is 33.9 Å². The van der Waals surface area contributed by atoms with Crippen LogP contribution in [0.4, 0.5) is 0 Å². The van der Waals surface area contributed by atoms with Crippen LogP contribution in [0.1, 0.15) is 47.2 Å². The average Bonchev–Trinajstić information content (AvgIpc) is 3.46. The highest BCUT2D eigenvalue weighted by Gasteiger charge is 2.50. The van der Waals surface area contributed by atoms with Gasteiger partial charge in [-0.2, -0.15) is 0 Å². The zero-order valence-electron chi connectivity index (χ0n) is 17.1. The first kappa shape index (κ1) is 22.5. The molecule has 11 heteroatoms. The number of aliphatic hydroxyl groups excluding tert-OH is 1. The van der Waals surface area contributed by atoms with Crippen LogP contribution in [0.2, 0.25) is 0 Å². The Morgan fingerprint density at radius 3 is 2.65 bits per heavy atom. The summed E-state index contributed by atoms with van der Waals surface area (Å²) >= 11 is 0. The number of likely N-dealkylation sites (tertiary alicyclic amines) is 1. The highest BCUT2D eigenvalue weighted by molar-refractivity contribution is 5.93. The Morgan fingerprint density at radius 1 is 1.35 bits per heavy atom. The molecule has 2 aromatic rings. The molecular weight excluding hydrogens is 408 g/mol. The van der Waals surface area contributed by atoms with Crippen molar-refractivity contribution in [2.24, 2.45) is 0 Å². The number of H-pyrrole nitrogens is 1. The molecule has 168 valence electrons. The van der Waals surface area contributed by atoms with Gasteiger partial charge in [0, 0.05) is 31.8 Å². The number of carbonyl (C=O) groups excluding carboxylic acids is 2. The predicted molar refractivity (Wildman–Crippen MR) is 106 cm³/mol. The number of carboxylic acid groups (broad SMARTS) is 1. The maximum absolute atomic E-state index is 12.5. The molecule has 2 aromatic heterocycles. The fourth-order valence-electron chi connectivity index (χ4n) is 4.13. The van der Waals surface area contributed by atoms with Gasteiger partial charge in [-0.1, -0.05) is 5.16 Å². The van der Waals surface area contributed by atoms with E-state index in [9.17, 15) is 14.7 Å². The number of hydrogen-bond donors (Lipinski definition) is 4. The number of aromatic nitrogens is 2. The van der Waals surface area contributed by atoms with Crippen molar-refractivity contribution in [3.63, 3.8) is 0 Å². The minimum atomic E-state index is -0.821. The summed E-state index contributed by atoms with van der Waals surface area (Å²) in [5.41, 5.74) is -0.572. The van der Waals surface area contributed by atoms with E-state index in [1.807, 2.05) is 6.92 Å². The highest BCUT2D eigenvalue weighted by atomic mass is 16.5. The van der Waals surface area contributed by atoms with E-state index in [1.165, 1.54) is 6.26 Å². The summed E-state index contributed by atoms with van der Waals surface area (Å²) in [6.07, 6.45) is 3.96. The lowest BCUT2D eigenvalue weighted by Gasteiger charge is -2.51. The van der Waals surface area contributed by atoms with Gasteiger partial charge in [-0.25, -0.2) is 0 Å². The normalized spacial score (nSPS) is 24.7. The lowest BCUT2D eigenvalue weighted by Crippen LogP contribution is -2.65. The largest absolute Gasteiger partial charge is 0.483 e. The van der Waals surface area contributed by atoms with Gasteiger partial charge in [-0.3, -0.25) is 14.4 Å². The van der Waals surface area contributed by atoms with E-state index in [0.29, 0.717) is 43.7 Å². The molecule has 2 aliphatic heterocycles. The quantitative estimate of drug-likeness (QED) is 0.513. The standard InChI is InChI=1S/C19H24N4O5.CH2O2/c1-18(21-16(25)13-3-2-7-20-13)12-19(27-11-15(18)24)5-8-23(9-6-19)17(26)14-4-10-28-22-14;2-1-3/h2-4,7,10,15,20,24H,5-6,8-9,11-12H2,1H3,(H,21,25);1H,(H,2,3)/t15-,18-;/m1./s1. The van der Waals surface area contributed by atoms with E-state index in [4.69, 9.17) is 19.2 Å². The van der Waals surface area contributed by atoms with Crippen molar-refractivity contribution in [3.05, 3.63) is 42.0 Å². The fraction of sp³-hybridized carbons (Fsp3) is 0.500. The van der Waals surface area contributed by atoms with Gasteiger partial charge in [-0.05, 0) is 31.9 Å². The third-order valence-electron chi connectivity index (χ3n) is 5.83. The second kappa shape index (κ2) is 9.31. The van der Waals surface area contributed by atoms with Gasteiger partial charge in [0.2, 0.25) is 0 Å². The van der Waals surface area contributed by atoms with Gasteiger partial charge >= 0.3 is 0 Å². The average molecular weight is 434 g/mol. The fourth-order valence-corrected chi connectivity index (χ4v) is 4.13. The monoisotopic (exact) mass is 434 g/mol. The Morgan fingerprint density at radius 2 is 2.06 bits per heavy atom. The number of aliphatic hydroxyl groups is 1. The first-order valence-corrected chi connectivity index (χ1v) is 9.88. The number of ether oxygens (including phenoxy) is 1. The Hall–Kier alpha value is -3.18. The van der Waals surface area contributed by atoms with Gasteiger partial charge in [0.05, 0.1) is 17.7 Å². The molecule has 0 aliphatic carbocycles. The molecule has 0 aromatic carbocycles. The van der Waals surface area contributed by atoms with Gasteiger partial charge < -0.3 is 34.7 Å². The van der Waals surface area contributed by atoms with Gasteiger partial charge in [0.1, 0.15) is 18.1 Å². The Balaban J connectivity index is 0.000000858. The van der Waals surface area contributed by atoms with Crippen LogP contribution in [0.25, 0.3) is 0 Å². The van der Waals surface area contributed by atoms with Crippen molar-refractivity contribution >= 4 is 18.3 Å². The first-order valence-electron chi connectivity index (χ1n) is 9.88. The Bertz CT molecular complexity index is 875. The minimum absolute atomic E-state index is 0.138. The lowest BCUT2D eigenvalue weighted by atomic mass is 9.74. The number of carbonyl (C=O) groups is 3. The van der Waals surface area contributed by atoms with Crippen molar-refractivity contribution in [2.45, 2.75) is 43.4 Å². The topological polar surface area (TPSA) is 158 Å². The number of nitrogens with zero attached hydrogens (tertiary/aromatic N) is 2. The van der Waals surface area contributed by atoms with Crippen LogP contribution in [-0.4, -0.2) is 80.5 Å². The molecule has 4 rings (SSSR count). The number of nitrogens with one attached hydrogen (secondary N) is 2. The van der Waals surface area contributed by atoms with Gasteiger partial charge in [0.15, 0.2) is 5.69 Å². The Labute approximate surface area is 178 Å². The molecule has 0 radical (unpaired) electrons. The Kier molecular flexibility index (Phi) is 6.76. The van der Waals surface area contributed by atoms with Gasteiger partial charge in [0.25, 0.3) is 18.3 Å². The summed E-state index contributed by atoms with van der Waals surface area (Å²) in [7, 11) is 0. The first-order chi connectivity index (χ1) is 14.8. The van der Waals surface area contributed by atoms with Crippen LogP contribution < -0.4 is 5.32 Å². The molecular formula is C20H26N4O7. The minimum Gasteiger partial charge on any atom is -0.483 e. The van der Waals surface area contributed by atoms with Crippen molar-refractivity contribution in [2.75, 3.05) is 19.7 Å². The van der Waals surface area contributed by atoms with E-state index in [2.05, 4.69) is 15.5 Å². The predicted octanol–water partition coefficient (Wildman–Crippen LogP) is 0.648. The summed E-state index contributed by atoms with van der Waals surface area (Å²) in [6.45, 7) is 2.76. The molecule has 31 heavy (non-hydrogen) atoms. The smallest absolute Gasteiger partial charge is 0.290 e. The molecule has 4 heterocycles.